The Kier molecular flexibility index (Phi) is 4.38. The number of pyridine rings is 1. The Morgan fingerprint density at radius 1 is 1.10 bits per heavy atom. The zero-order valence-electron chi connectivity index (χ0n) is 10.2. The van der Waals surface area contributed by atoms with Crippen LogP contribution >= 0.6 is 34.8 Å². The Morgan fingerprint density at radius 3 is 2.35 bits per heavy atom. The van der Waals surface area contributed by atoms with Crippen molar-refractivity contribution in [1.29, 1.82) is 0 Å². The maximum Gasteiger partial charge on any atom is 0.354 e. The molecule has 0 atom stereocenters. The second kappa shape index (κ2) is 5.87. The fourth-order valence-corrected chi connectivity index (χ4v) is 2.41. The summed E-state index contributed by atoms with van der Waals surface area (Å²) < 4.78 is 4.52. The number of methoxy groups -OCH3 is 1. The number of carbonyl (C=O) groups is 1. The summed E-state index contributed by atoms with van der Waals surface area (Å²) in [6, 6.07) is 5.93. The van der Waals surface area contributed by atoms with Gasteiger partial charge in [-0.1, -0.05) is 34.8 Å². The summed E-state index contributed by atoms with van der Waals surface area (Å²) in [5.74, 6) is -0.642. The normalized spacial score (nSPS) is 10.4. The number of benzene rings is 1. The molecule has 1 aromatic heterocycles. The van der Waals surface area contributed by atoms with Gasteiger partial charge in [0.05, 0.1) is 27.7 Å². The Bertz CT molecular complexity index is 740. The molecule has 2 aromatic rings. The van der Waals surface area contributed by atoms with Crippen molar-refractivity contribution in [2.45, 2.75) is 0 Å². The molecule has 4 nitrogen and oxygen atoms in total. The molecule has 1 aromatic carbocycles. The van der Waals surface area contributed by atoms with Gasteiger partial charge in [-0.2, -0.15) is 0 Å². The molecule has 20 heavy (non-hydrogen) atoms. The summed E-state index contributed by atoms with van der Waals surface area (Å²) >= 11 is 18.0. The number of aromatic amines is 1. The van der Waals surface area contributed by atoms with Crippen molar-refractivity contribution >= 4 is 40.8 Å². The van der Waals surface area contributed by atoms with Gasteiger partial charge in [-0.25, -0.2) is 4.79 Å². The van der Waals surface area contributed by atoms with Crippen LogP contribution in [0.15, 0.2) is 29.1 Å². The van der Waals surface area contributed by atoms with Crippen LogP contribution in [0.3, 0.4) is 0 Å². The van der Waals surface area contributed by atoms with Crippen LogP contribution in [0.25, 0.3) is 11.1 Å². The molecule has 0 unspecified atom stereocenters. The average molecular weight is 333 g/mol. The van der Waals surface area contributed by atoms with E-state index in [1.165, 1.54) is 25.3 Å². The van der Waals surface area contributed by atoms with Gasteiger partial charge in [0, 0.05) is 5.56 Å². The Labute approximate surface area is 129 Å². The van der Waals surface area contributed by atoms with Crippen molar-refractivity contribution in [1.82, 2.24) is 4.98 Å². The molecule has 0 saturated carbocycles. The number of aromatic nitrogens is 1. The number of hydrogen-bond acceptors (Lipinski definition) is 3. The second-order valence-electron chi connectivity index (χ2n) is 3.82. The molecule has 2 rings (SSSR count). The van der Waals surface area contributed by atoms with Crippen LogP contribution in [0.2, 0.25) is 15.1 Å². The van der Waals surface area contributed by atoms with Gasteiger partial charge in [0.15, 0.2) is 0 Å². The van der Waals surface area contributed by atoms with Crippen LogP contribution in [0, 0.1) is 0 Å². The Hall–Kier alpha value is -1.49. The largest absolute Gasteiger partial charge is 0.464 e. The van der Waals surface area contributed by atoms with Gasteiger partial charge in [-0.05, 0) is 24.3 Å². The number of carbonyl (C=O) groups excluding carboxylic acids is 1. The molecule has 0 saturated heterocycles. The van der Waals surface area contributed by atoms with Crippen molar-refractivity contribution in [3.63, 3.8) is 0 Å². The lowest BCUT2D eigenvalue weighted by molar-refractivity contribution is 0.0594. The van der Waals surface area contributed by atoms with Gasteiger partial charge >= 0.3 is 5.97 Å². The molecule has 0 radical (unpaired) electrons. The molecule has 0 bridgehead atoms. The van der Waals surface area contributed by atoms with Crippen LogP contribution in [0.1, 0.15) is 10.5 Å². The summed E-state index contributed by atoms with van der Waals surface area (Å²) in [5, 5.41) is 0.744. The van der Waals surface area contributed by atoms with E-state index in [0.717, 1.165) is 0 Å². The third kappa shape index (κ3) is 2.68. The number of H-pyrrole nitrogens is 1. The Balaban J connectivity index is 2.64. The third-order valence-corrected chi connectivity index (χ3v) is 3.75. The fraction of sp³-hybridized carbons (Fsp3) is 0.0769. The van der Waals surface area contributed by atoms with Crippen molar-refractivity contribution in [2.75, 3.05) is 7.11 Å². The zero-order chi connectivity index (χ0) is 14.9. The van der Waals surface area contributed by atoms with E-state index in [-0.39, 0.29) is 26.3 Å². The van der Waals surface area contributed by atoms with Crippen molar-refractivity contribution in [3.8, 4) is 11.1 Å². The van der Waals surface area contributed by atoms with E-state index in [4.69, 9.17) is 34.8 Å². The molecule has 7 heteroatoms. The smallest absolute Gasteiger partial charge is 0.354 e. The quantitative estimate of drug-likeness (QED) is 0.672. The Morgan fingerprint density at radius 2 is 1.75 bits per heavy atom. The molecule has 0 aliphatic heterocycles. The minimum Gasteiger partial charge on any atom is -0.464 e. The first-order valence-corrected chi connectivity index (χ1v) is 6.54. The van der Waals surface area contributed by atoms with Crippen LogP contribution in [-0.4, -0.2) is 18.1 Å². The van der Waals surface area contributed by atoms with Gasteiger partial charge in [0.25, 0.3) is 5.56 Å². The van der Waals surface area contributed by atoms with Gasteiger partial charge in [-0.15, -0.1) is 0 Å². The molecule has 104 valence electrons. The minimum absolute atomic E-state index is 0.0375. The van der Waals surface area contributed by atoms with Gasteiger partial charge < -0.3 is 9.72 Å². The summed E-state index contributed by atoms with van der Waals surface area (Å²) in [5.41, 5.74) is 0.0585. The molecule has 0 amide bonds. The van der Waals surface area contributed by atoms with Crippen LogP contribution in [0.4, 0.5) is 0 Å². The summed E-state index contributed by atoms with van der Waals surface area (Å²) in [7, 11) is 1.22. The summed E-state index contributed by atoms with van der Waals surface area (Å²) in [6.45, 7) is 0. The standard InChI is InChI=1S/C13H8Cl3NO3/c1-20-13(19)9-5-2-6(12(18)17-9)10-7(14)3-4-8(15)11(10)16/h2-5H,1H3,(H,17,18). The highest BCUT2D eigenvalue weighted by atomic mass is 35.5. The first-order valence-electron chi connectivity index (χ1n) is 5.41. The lowest BCUT2D eigenvalue weighted by Gasteiger charge is -2.08. The summed E-state index contributed by atoms with van der Waals surface area (Å²) in [4.78, 5) is 25.8. The predicted molar refractivity (Wildman–Crippen MR) is 78.9 cm³/mol. The molecular formula is C13H8Cl3NO3. The maximum absolute atomic E-state index is 12.1. The monoisotopic (exact) mass is 331 g/mol. The van der Waals surface area contributed by atoms with Crippen molar-refractivity contribution in [2.24, 2.45) is 0 Å². The van der Waals surface area contributed by atoms with E-state index in [2.05, 4.69) is 9.72 Å². The van der Waals surface area contributed by atoms with E-state index in [0.29, 0.717) is 5.56 Å². The van der Waals surface area contributed by atoms with Crippen LogP contribution < -0.4 is 5.56 Å². The molecule has 0 spiro atoms. The molecule has 1 heterocycles. The van der Waals surface area contributed by atoms with Crippen LogP contribution in [0.5, 0.6) is 0 Å². The van der Waals surface area contributed by atoms with Crippen molar-refractivity contribution < 1.29 is 9.53 Å². The van der Waals surface area contributed by atoms with Gasteiger partial charge in [0.2, 0.25) is 0 Å². The van der Waals surface area contributed by atoms with E-state index >= 15 is 0 Å². The van der Waals surface area contributed by atoms with Crippen LogP contribution in [-0.2, 0) is 4.74 Å². The van der Waals surface area contributed by atoms with Gasteiger partial charge in [-0.3, -0.25) is 4.79 Å². The first kappa shape index (κ1) is 14.9. The van der Waals surface area contributed by atoms with Crippen molar-refractivity contribution in [3.05, 3.63) is 55.4 Å². The number of ether oxygens (including phenoxy) is 1. The number of esters is 1. The van der Waals surface area contributed by atoms with Gasteiger partial charge in [0.1, 0.15) is 5.69 Å². The highest BCUT2D eigenvalue weighted by Gasteiger charge is 2.16. The molecule has 0 aliphatic carbocycles. The van der Waals surface area contributed by atoms with E-state index in [1.807, 2.05) is 0 Å². The van der Waals surface area contributed by atoms with E-state index < -0.39 is 11.5 Å². The molecule has 1 N–H and O–H groups in total. The predicted octanol–water partition coefficient (Wildman–Crippen LogP) is 3.79. The molecular weight excluding hydrogens is 325 g/mol. The number of hydrogen-bond donors (Lipinski definition) is 1. The lowest BCUT2D eigenvalue weighted by Crippen LogP contribution is -2.15. The third-order valence-electron chi connectivity index (χ3n) is 2.63. The minimum atomic E-state index is -0.642. The van der Waals surface area contributed by atoms with E-state index in [1.54, 1.807) is 6.07 Å². The SMILES string of the molecule is COC(=O)c1ccc(-c2c(Cl)ccc(Cl)c2Cl)c(=O)[nH]1. The molecule has 0 aliphatic rings. The van der Waals surface area contributed by atoms with E-state index in [9.17, 15) is 9.59 Å². The number of rotatable bonds is 2. The number of nitrogens with one attached hydrogen (secondary N) is 1. The average Bonchev–Trinajstić information content (AvgIpc) is 2.44. The topological polar surface area (TPSA) is 59.2 Å². The zero-order valence-corrected chi connectivity index (χ0v) is 12.4. The summed E-state index contributed by atoms with van der Waals surface area (Å²) in [6.07, 6.45) is 0. The molecule has 0 fully saturated rings. The first-order chi connectivity index (χ1) is 9.45. The highest BCUT2D eigenvalue weighted by Crippen LogP contribution is 2.37. The number of halogens is 3. The fourth-order valence-electron chi connectivity index (χ4n) is 1.67. The highest BCUT2D eigenvalue weighted by molar-refractivity contribution is 6.46. The maximum atomic E-state index is 12.1. The second-order valence-corrected chi connectivity index (χ2v) is 5.02. The lowest BCUT2D eigenvalue weighted by atomic mass is 10.1.